The highest BCUT2D eigenvalue weighted by molar-refractivity contribution is 7.89. The van der Waals surface area contributed by atoms with Gasteiger partial charge in [-0.2, -0.15) is 0 Å². The molecule has 0 heterocycles. The van der Waals surface area contributed by atoms with Crippen molar-refractivity contribution >= 4 is 21.9 Å². The van der Waals surface area contributed by atoms with Crippen molar-refractivity contribution in [2.45, 2.75) is 18.2 Å². The van der Waals surface area contributed by atoms with Crippen LogP contribution < -0.4 is 10.3 Å². The minimum Gasteiger partial charge on any atom is -0.481 e. The number of aryl methyl sites for hydroxylation is 1. The lowest BCUT2D eigenvalue weighted by Crippen LogP contribution is -2.48. The zero-order valence-electron chi connectivity index (χ0n) is 13.0. The second-order valence-electron chi connectivity index (χ2n) is 6.25. The molecule has 0 unspecified atom stereocenters. The number of sulfonamides is 1. The molecule has 1 aromatic carbocycles. The molecule has 0 spiro atoms. The highest BCUT2D eigenvalue weighted by atomic mass is 32.2. The molecule has 2 aliphatic carbocycles. The van der Waals surface area contributed by atoms with E-state index < -0.39 is 33.7 Å². The van der Waals surface area contributed by atoms with E-state index in [1.165, 1.54) is 12.1 Å². The third-order valence-electron chi connectivity index (χ3n) is 4.69. The first-order valence-electron chi connectivity index (χ1n) is 7.59. The minimum absolute atomic E-state index is 0.0241. The molecule has 3 rings (SSSR count). The number of aliphatic carboxylic acids is 1. The second kappa shape index (κ2) is 6.03. The van der Waals surface area contributed by atoms with E-state index in [-0.39, 0.29) is 16.7 Å². The number of carbonyl (C=O) groups excluding carboxylic acids is 1. The van der Waals surface area contributed by atoms with Gasteiger partial charge in [0, 0.05) is 0 Å². The Morgan fingerprint density at radius 1 is 1.08 bits per heavy atom. The van der Waals surface area contributed by atoms with Gasteiger partial charge in [-0.3, -0.25) is 15.0 Å². The summed E-state index contributed by atoms with van der Waals surface area (Å²) in [5.74, 6) is -3.57. The van der Waals surface area contributed by atoms with Crippen LogP contribution in [0.25, 0.3) is 0 Å². The van der Waals surface area contributed by atoms with Gasteiger partial charge in [0.05, 0.1) is 16.7 Å². The van der Waals surface area contributed by atoms with Gasteiger partial charge < -0.3 is 5.11 Å². The van der Waals surface area contributed by atoms with Crippen molar-refractivity contribution in [3.05, 3.63) is 42.0 Å². The summed E-state index contributed by atoms with van der Waals surface area (Å²) in [5, 5.41) is 9.33. The summed E-state index contributed by atoms with van der Waals surface area (Å²) >= 11 is 0. The van der Waals surface area contributed by atoms with Crippen molar-refractivity contribution in [1.29, 1.82) is 0 Å². The van der Waals surface area contributed by atoms with Gasteiger partial charge in [-0.1, -0.05) is 29.8 Å². The number of hydrogen-bond acceptors (Lipinski definition) is 4. The highest BCUT2D eigenvalue weighted by Gasteiger charge is 2.51. The van der Waals surface area contributed by atoms with Crippen LogP contribution in [0.2, 0.25) is 0 Å². The Bertz CT molecular complexity index is 800. The van der Waals surface area contributed by atoms with E-state index in [0.717, 1.165) is 5.56 Å². The van der Waals surface area contributed by atoms with Crippen molar-refractivity contribution in [2.24, 2.45) is 23.7 Å². The lowest BCUT2D eigenvalue weighted by Gasteiger charge is -2.23. The molecule has 7 nitrogen and oxygen atoms in total. The Labute approximate surface area is 139 Å². The van der Waals surface area contributed by atoms with Crippen molar-refractivity contribution in [1.82, 2.24) is 10.3 Å². The first kappa shape index (κ1) is 16.7. The summed E-state index contributed by atoms with van der Waals surface area (Å²) in [6, 6.07) is 6.17. The predicted molar refractivity (Wildman–Crippen MR) is 85.0 cm³/mol. The molecule has 3 N–H and O–H groups in total. The molecule has 128 valence electrons. The van der Waals surface area contributed by atoms with Crippen LogP contribution in [0.3, 0.4) is 0 Å². The van der Waals surface area contributed by atoms with Gasteiger partial charge in [0.25, 0.3) is 10.0 Å². The summed E-state index contributed by atoms with van der Waals surface area (Å²) < 4.78 is 24.4. The fourth-order valence-corrected chi connectivity index (χ4v) is 4.34. The summed E-state index contributed by atoms with van der Waals surface area (Å²) in [6.07, 6.45) is 4.27. The molecule has 8 heteroatoms. The topological polar surface area (TPSA) is 113 Å². The summed E-state index contributed by atoms with van der Waals surface area (Å²) in [7, 11) is -3.90. The Hall–Kier alpha value is -2.19. The highest BCUT2D eigenvalue weighted by Crippen LogP contribution is 2.48. The van der Waals surface area contributed by atoms with E-state index in [4.69, 9.17) is 0 Å². The maximum Gasteiger partial charge on any atom is 0.307 e. The van der Waals surface area contributed by atoms with E-state index in [9.17, 15) is 23.1 Å². The summed E-state index contributed by atoms with van der Waals surface area (Å²) in [5.41, 5.74) is 3.09. The zero-order valence-corrected chi connectivity index (χ0v) is 13.8. The lowest BCUT2D eigenvalue weighted by molar-refractivity contribution is -0.147. The minimum atomic E-state index is -3.90. The van der Waals surface area contributed by atoms with E-state index in [0.29, 0.717) is 6.42 Å². The monoisotopic (exact) mass is 350 g/mol. The van der Waals surface area contributed by atoms with Crippen LogP contribution in [0.1, 0.15) is 12.0 Å². The average molecular weight is 350 g/mol. The van der Waals surface area contributed by atoms with Crippen molar-refractivity contribution in [2.75, 3.05) is 0 Å². The molecule has 0 radical (unpaired) electrons. The lowest BCUT2D eigenvalue weighted by atomic mass is 9.82. The number of benzene rings is 1. The molecular weight excluding hydrogens is 332 g/mol. The standard InChI is InChI=1S/C16H18N2O5S/c1-9-2-6-12(7-3-9)24(22,23)18-17-15(19)13-10-4-5-11(8-10)14(13)16(20)21/h2-7,10-11,13-14,18H,8H2,1H3,(H,17,19)(H,20,21)/t10-,11-,13-,14-/m0/s1. The van der Waals surface area contributed by atoms with E-state index >= 15 is 0 Å². The molecule has 0 aromatic heterocycles. The number of rotatable bonds is 5. The van der Waals surface area contributed by atoms with Gasteiger partial charge in [-0.05, 0) is 37.3 Å². The predicted octanol–water partition coefficient (Wildman–Crippen LogP) is 0.827. The fraction of sp³-hybridized carbons (Fsp3) is 0.375. The number of amides is 1. The van der Waals surface area contributed by atoms with Gasteiger partial charge in [0.2, 0.25) is 5.91 Å². The molecule has 0 saturated heterocycles. The van der Waals surface area contributed by atoms with Gasteiger partial charge in [-0.25, -0.2) is 8.42 Å². The normalized spacial score (nSPS) is 28.0. The smallest absolute Gasteiger partial charge is 0.307 e. The Morgan fingerprint density at radius 2 is 1.67 bits per heavy atom. The molecule has 24 heavy (non-hydrogen) atoms. The number of fused-ring (bicyclic) bond motifs is 2. The second-order valence-corrected chi connectivity index (χ2v) is 7.93. The molecular formula is C16H18N2O5S. The number of carboxylic acids is 1. The molecule has 2 bridgehead atoms. The molecule has 1 fully saturated rings. The summed E-state index contributed by atoms with van der Waals surface area (Å²) in [6.45, 7) is 1.83. The van der Waals surface area contributed by atoms with Gasteiger partial charge in [0.15, 0.2) is 0 Å². The Balaban J connectivity index is 1.70. The van der Waals surface area contributed by atoms with Gasteiger partial charge >= 0.3 is 5.97 Å². The van der Waals surface area contributed by atoms with Crippen molar-refractivity contribution < 1.29 is 23.1 Å². The number of hydrazine groups is 1. The van der Waals surface area contributed by atoms with Gasteiger partial charge in [-0.15, -0.1) is 4.83 Å². The van der Waals surface area contributed by atoms with Crippen LogP contribution in [0, 0.1) is 30.6 Å². The Kier molecular flexibility index (Phi) is 4.18. The summed E-state index contributed by atoms with van der Waals surface area (Å²) in [4.78, 5) is 25.8. The fourth-order valence-electron chi connectivity index (χ4n) is 3.49. The molecule has 2 aliphatic rings. The maximum absolute atomic E-state index is 12.3. The zero-order chi connectivity index (χ0) is 17.5. The van der Waals surface area contributed by atoms with Crippen LogP contribution >= 0.6 is 0 Å². The molecule has 4 atom stereocenters. The number of carboxylic acid groups (broad SMARTS) is 1. The molecule has 1 amide bonds. The number of nitrogens with one attached hydrogen (secondary N) is 2. The first-order valence-corrected chi connectivity index (χ1v) is 9.07. The first-order chi connectivity index (χ1) is 11.3. The SMILES string of the molecule is Cc1ccc(S(=O)(=O)NNC(=O)[C@@H]2[C@@H](C(=O)O)[C@H]3C=C[C@H]2C3)cc1. The number of hydrogen-bond donors (Lipinski definition) is 3. The van der Waals surface area contributed by atoms with Crippen molar-refractivity contribution in [3.8, 4) is 0 Å². The van der Waals surface area contributed by atoms with Crippen molar-refractivity contribution in [3.63, 3.8) is 0 Å². The largest absolute Gasteiger partial charge is 0.481 e. The van der Waals surface area contributed by atoms with Crippen LogP contribution in [-0.2, 0) is 19.6 Å². The third-order valence-corrected chi connectivity index (χ3v) is 5.95. The van der Waals surface area contributed by atoms with E-state index in [1.54, 1.807) is 12.1 Å². The maximum atomic E-state index is 12.3. The third kappa shape index (κ3) is 2.94. The average Bonchev–Trinajstić information content (AvgIpc) is 3.14. The number of allylic oxidation sites excluding steroid dienone is 2. The molecule has 0 aliphatic heterocycles. The number of carbonyl (C=O) groups is 2. The van der Waals surface area contributed by atoms with Crippen LogP contribution in [0.4, 0.5) is 0 Å². The van der Waals surface area contributed by atoms with Gasteiger partial charge in [0.1, 0.15) is 0 Å². The van der Waals surface area contributed by atoms with Crippen LogP contribution in [0.5, 0.6) is 0 Å². The van der Waals surface area contributed by atoms with E-state index in [1.807, 2.05) is 23.9 Å². The van der Waals surface area contributed by atoms with E-state index in [2.05, 4.69) is 5.43 Å². The van der Waals surface area contributed by atoms with Crippen LogP contribution in [-0.4, -0.2) is 25.4 Å². The van der Waals surface area contributed by atoms with Crippen LogP contribution in [0.15, 0.2) is 41.3 Å². The molecule has 1 saturated carbocycles. The molecule has 1 aromatic rings. The quantitative estimate of drug-likeness (QED) is 0.538. The Morgan fingerprint density at radius 3 is 2.25 bits per heavy atom.